The summed E-state index contributed by atoms with van der Waals surface area (Å²) >= 11 is 1.89. The fourth-order valence-electron chi connectivity index (χ4n) is 3.15. The van der Waals surface area contributed by atoms with Crippen molar-refractivity contribution in [3.05, 3.63) is 34.9 Å². The minimum absolute atomic E-state index is 0.0602. The van der Waals surface area contributed by atoms with Crippen LogP contribution in [0.1, 0.15) is 6.92 Å². The van der Waals surface area contributed by atoms with Crippen molar-refractivity contribution < 1.29 is 0 Å². The second-order valence-electron chi connectivity index (χ2n) is 6.31. The molecule has 0 N–H and O–H groups in total. The highest BCUT2D eigenvalue weighted by atomic mass is 32.2. The summed E-state index contributed by atoms with van der Waals surface area (Å²) in [4.78, 5) is 21.7. The largest absolute Gasteiger partial charge is 0.350 e. The van der Waals surface area contributed by atoms with Gasteiger partial charge in [0.1, 0.15) is 0 Å². The van der Waals surface area contributed by atoms with E-state index >= 15 is 0 Å². The van der Waals surface area contributed by atoms with Gasteiger partial charge in [-0.3, -0.25) is 14.3 Å². The molecule has 2 aromatic rings. The molecule has 0 spiro atoms. The Balaban J connectivity index is 1.32. The molecule has 0 amide bonds. The lowest BCUT2D eigenvalue weighted by atomic mass is 10.3. The Labute approximate surface area is 145 Å². The Morgan fingerprint density at radius 3 is 2.75 bits per heavy atom. The van der Waals surface area contributed by atoms with E-state index in [0.29, 0.717) is 17.4 Å². The molecule has 128 valence electrons. The predicted octanol–water partition coefficient (Wildman–Crippen LogP) is 0.605. The summed E-state index contributed by atoms with van der Waals surface area (Å²) in [5.41, 5.74) is 0.646. The van der Waals surface area contributed by atoms with Gasteiger partial charge in [-0.1, -0.05) is 24.8 Å². The van der Waals surface area contributed by atoms with Gasteiger partial charge in [-0.2, -0.15) is 0 Å². The van der Waals surface area contributed by atoms with Crippen molar-refractivity contribution in [1.29, 1.82) is 0 Å². The van der Waals surface area contributed by atoms with Gasteiger partial charge in [0, 0.05) is 44.2 Å². The van der Waals surface area contributed by atoms with Gasteiger partial charge in [0.15, 0.2) is 10.8 Å². The van der Waals surface area contributed by atoms with Crippen LogP contribution in [-0.2, 0) is 6.54 Å². The monoisotopic (exact) mass is 346 g/mol. The minimum Gasteiger partial charge on any atom is -0.349 e. The van der Waals surface area contributed by atoms with Crippen LogP contribution in [0.3, 0.4) is 0 Å². The number of aromatic nitrogens is 3. The van der Waals surface area contributed by atoms with E-state index in [-0.39, 0.29) is 5.69 Å². The summed E-state index contributed by atoms with van der Waals surface area (Å²) < 4.78 is 3.16. The molecule has 0 bridgehead atoms. The van der Waals surface area contributed by atoms with Crippen LogP contribution in [0.15, 0.2) is 34.2 Å². The molecule has 0 radical (unpaired) electrons. The van der Waals surface area contributed by atoms with E-state index in [4.69, 9.17) is 0 Å². The SMILES string of the molecule is C[C@H]1CN=C(N2CCN(CCn3nc4ccccn4c3=O)CC2)S1. The first-order valence-electron chi connectivity index (χ1n) is 8.43. The van der Waals surface area contributed by atoms with Crippen molar-refractivity contribution in [2.24, 2.45) is 4.99 Å². The van der Waals surface area contributed by atoms with Crippen LogP contribution >= 0.6 is 11.8 Å². The van der Waals surface area contributed by atoms with Crippen molar-refractivity contribution in [2.75, 3.05) is 39.3 Å². The fourth-order valence-corrected chi connectivity index (χ4v) is 4.14. The van der Waals surface area contributed by atoms with E-state index in [0.717, 1.165) is 39.3 Å². The Morgan fingerprint density at radius 1 is 1.21 bits per heavy atom. The average Bonchev–Trinajstić information content (AvgIpc) is 3.18. The van der Waals surface area contributed by atoms with Gasteiger partial charge < -0.3 is 4.90 Å². The number of amidine groups is 1. The van der Waals surface area contributed by atoms with Gasteiger partial charge in [-0.05, 0) is 12.1 Å². The number of thioether (sulfide) groups is 1. The van der Waals surface area contributed by atoms with Gasteiger partial charge in [-0.15, -0.1) is 5.10 Å². The maximum absolute atomic E-state index is 12.3. The second kappa shape index (κ2) is 6.60. The predicted molar refractivity (Wildman–Crippen MR) is 96.8 cm³/mol. The highest BCUT2D eigenvalue weighted by Gasteiger charge is 2.24. The van der Waals surface area contributed by atoms with Gasteiger partial charge in [0.05, 0.1) is 13.1 Å². The number of hydrogen-bond acceptors (Lipinski definition) is 6. The van der Waals surface area contributed by atoms with Crippen molar-refractivity contribution in [3.63, 3.8) is 0 Å². The number of nitrogens with zero attached hydrogens (tertiary/aromatic N) is 6. The van der Waals surface area contributed by atoms with E-state index in [1.165, 1.54) is 5.17 Å². The third-order valence-electron chi connectivity index (χ3n) is 4.55. The first kappa shape index (κ1) is 15.7. The number of pyridine rings is 1. The molecular weight excluding hydrogens is 324 g/mol. The minimum atomic E-state index is -0.0602. The first-order valence-corrected chi connectivity index (χ1v) is 9.31. The van der Waals surface area contributed by atoms with Crippen molar-refractivity contribution in [2.45, 2.75) is 18.7 Å². The topological polar surface area (TPSA) is 58.1 Å². The normalized spacial score (nSPS) is 22.3. The van der Waals surface area contributed by atoms with E-state index in [1.807, 2.05) is 30.0 Å². The number of hydrogen-bond donors (Lipinski definition) is 0. The van der Waals surface area contributed by atoms with Crippen LogP contribution in [0.25, 0.3) is 5.65 Å². The smallest absolute Gasteiger partial charge is 0.349 e. The fraction of sp³-hybridized carbons (Fsp3) is 0.562. The molecule has 0 saturated carbocycles. The summed E-state index contributed by atoms with van der Waals surface area (Å²) in [6.45, 7) is 8.70. The van der Waals surface area contributed by atoms with Crippen LogP contribution < -0.4 is 5.69 Å². The zero-order chi connectivity index (χ0) is 16.5. The number of aliphatic imine (C=N–C) groups is 1. The van der Waals surface area contributed by atoms with Crippen LogP contribution in [0.2, 0.25) is 0 Å². The van der Waals surface area contributed by atoms with Gasteiger partial charge in [0.25, 0.3) is 0 Å². The van der Waals surface area contributed by atoms with E-state index in [2.05, 4.69) is 26.8 Å². The third-order valence-corrected chi connectivity index (χ3v) is 5.70. The summed E-state index contributed by atoms with van der Waals surface area (Å²) in [6.07, 6.45) is 1.76. The van der Waals surface area contributed by atoms with E-state index in [9.17, 15) is 4.79 Å². The molecule has 0 unspecified atom stereocenters. The van der Waals surface area contributed by atoms with Crippen molar-refractivity contribution >= 4 is 22.6 Å². The Hall–Kier alpha value is -1.80. The molecule has 2 aliphatic rings. The molecule has 7 nitrogen and oxygen atoms in total. The Morgan fingerprint density at radius 2 is 2.04 bits per heavy atom. The molecule has 4 rings (SSSR count). The molecule has 8 heteroatoms. The molecule has 24 heavy (non-hydrogen) atoms. The number of piperazine rings is 1. The van der Waals surface area contributed by atoms with Crippen LogP contribution in [0.5, 0.6) is 0 Å². The zero-order valence-electron chi connectivity index (χ0n) is 13.8. The molecule has 2 aliphatic heterocycles. The van der Waals surface area contributed by atoms with Crippen molar-refractivity contribution in [3.8, 4) is 0 Å². The molecule has 1 fully saturated rings. The maximum Gasteiger partial charge on any atom is 0.350 e. The molecule has 4 heterocycles. The lowest BCUT2D eigenvalue weighted by Gasteiger charge is -2.35. The summed E-state index contributed by atoms with van der Waals surface area (Å²) in [6, 6.07) is 5.61. The maximum atomic E-state index is 12.3. The van der Waals surface area contributed by atoms with Gasteiger partial charge in [-0.25, -0.2) is 9.48 Å². The third kappa shape index (κ3) is 3.08. The quantitative estimate of drug-likeness (QED) is 0.815. The van der Waals surface area contributed by atoms with Crippen LogP contribution in [0, 0.1) is 0 Å². The number of fused-ring (bicyclic) bond motifs is 1. The van der Waals surface area contributed by atoms with Gasteiger partial charge in [0.2, 0.25) is 0 Å². The molecule has 1 atom stereocenters. The molecular formula is C16H22N6OS. The molecule has 0 aliphatic carbocycles. The standard InChI is InChI=1S/C16H22N6OS/c1-13-12-17-15(24-13)20-9-6-19(7-10-20)8-11-22-16(23)21-5-3-2-4-14(21)18-22/h2-5,13H,6-12H2,1H3/t13-/m0/s1. The lowest BCUT2D eigenvalue weighted by molar-refractivity contribution is 0.176. The molecule has 1 saturated heterocycles. The van der Waals surface area contributed by atoms with Crippen LogP contribution in [-0.4, -0.2) is 73.7 Å². The van der Waals surface area contributed by atoms with Crippen molar-refractivity contribution in [1.82, 2.24) is 24.0 Å². The van der Waals surface area contributed by atoms with E-state index in [1.54, 1.807) is 15.3 Å². The Bertz CT molecular complexity index is 804. The summed E-state index contributed by atoms with van der Waals surface area (Å²) in [7, 11) is 0. The Kier molecular flexibility index (Phi) is 4.32. The highest BCUT2D eigenvalue weighted by Crippen LogP contribution is 2.23. The molecule has 0 aromatic carbocycles. The molecule has 2 aromatic heterocycles. The second-order valence-corrected chi connectivity index (χ2v) is 7.72. The van der Waals surface area contributed by atoms with E-state index < -0.39 is 0 Å². The van der Waals surface area contributed by atoms with Gasteiger partial charge >= 0.3 is 5.69 Å². The average molecular weight is 346 g/mol. The highest BCUT2D eigenvalue weighted by molar-refractivity contribution is 8.14. The van der Waals surface area contributed by atoms with Crippen LogP contribution in [0.4, 0.5) is 0 Å². The number of rotatable bonds is 3. The first-order chi connectivity index (χ1) is 11.7. The summed E-state index contributed by atoms with van der Waals surface area (Å²) in [5, 5.41) is 6.21. The summed E-state index contributed by atoms with van der Waals surface area (Å²) in [5.74, 6) is 0. The lowest BCUT2D eigenvalue weighted by Crippen LogP contribution is -2.48. The zero-order valence-corrected chi connectivity index (χ0v) is 14.7.